The number of carbonyl (C=O) groups is 6. The van der Waals surface area contributed by atoms with Gasteiger partial charge < -0.3 is 104 Å². The normalized spacial score (nSPS) is 30.6. The Morgan fingerprint density at radius 3 is 1.61 bits per heavy atom. The number of aliphatic hydroxyl groups excluding tert-OH is 3. The van der Waals surface area contributed by atoms with E-state index in [1.165, 1.54) is 18.9 Å². The number of amides is 6. The summed E-state index contributed by atoms with van der Waals surface area (Å²) in [7, 11) is 1.30. The fraction of sp³-hybridized carbons (Fsp3) is 0.887. The molecule has 3 heterocycles. The highest BCUT2D eigenvalue weighted by molar-refractivity contribution is 5.82. The van der Waals surface area contributed by atoms with Crippen molar-refractivity contribution in [2.75, 3.05) is 39.9 Å². The molecule has 0 radical (unpaired) electrons. The molecule has 27 nitrogen and oxygen atoms in total. The van der Waals surface area contributed by atoms with Crippen LogP contribution in [0.5, 0.6) is 0 Å². The lowest BCUT2D eigenvalue weighted by Crippen LogP contribution is -2.71. The van der Waals surface area contributed by atoms with E-state index < -0.39 is 175 Å². The lowest BCUT2D eigenvalue weighted by Gasteiger charge is -2.51. The van der Waals surface area contributed by atoms with E-state index in [4.69, 9.17) is 52.1 Å². The summed E-state index contributed by atoms with van der Waals surface area (Å²) in [5.74, 6) is -2.01. The Bertz CT molecular complexity index is 2110. The lowest BCUT2D eigenvalue weighted by molar-refractivity contribution is -0.315. The van der Waals surface area contributed by atoms with Crippen molar-refractivity contribution in [3.05, 3.63) is 0 Å². The van der Waals surface area contributed by atoms with Gasteiger partial charge >= 0.3 is 30.5 Å². The predicted molar refractivity (Wildman–Crippen MR) is 284 cm³/mol. The summed E-state index contributed by atoms with van der Waals surface area (Å²) in [4.78, 5) is 83.5. The number of hydrogen-bond donors (Lipinski definition) is 8. The lowest BCUT2D eigenvalue weighted by atomic mass is 9.82. The van der Waals surface area contributed by atoms with E-state index in [-0.39, 0.29) is 32.5 Å². The minimum absolute atomic E-state index is 0.0311. The molecule has 4 rings (SSSR count). The number of rotatable bonds is 15. The molecule has 0 bridgehead atoms. The largest absolute Gasteiger partial charge is 0.444 e. The maximum absolute atomic E-state index is 14.0. The summed E-state index contributed by atoms with van der Waals surface area (Å²) in [5, 5.41) is 58.0. The van der Waals surface area contributed by atoms with Crippen molar-refractivity contribution < 1.29 is 101 Å². The van der Waals surface area contributed by atoms with Crippen molar-refractivity contribution in [2.24, 2.45) is 0 Å². The maximum atomic E-state index is 14.0. The van der Waals surface area contributed by atoms with Gasteiger partial charge in [-0.1, -0.05) is 0 Å². The van der Waals surface area contributed by atoms with E-state index in [0.29, 0.717) is 0 Å². The molecule has 4 aliphatic rings. The molecule has 1 aliphatic carbocycles. The highest BCUT2D eigenvalue weighted by atomic mass is 16.7. The van der Waals surface area contributed by atoms with E-state index in [0.717, 1.165) is 4.90 Å². The van der Waals surface area contributed by atoms with Crippen LogP contribution in [0.4, 0.5) is 24.0 Å². The van der Waals surface area contributed by atoms with Gasteiger partial charge in [-0.2, -0.15) is 0 Å². The van der Waals surface area contributed by atoms with E-state index >= 15 is 0 Å². The molecule has 6 amide bonds. The summed E-state index contributed by atoms with van der Waals surface area (Å²) < 4.78 is 65.5. The number of ether oxygens (including phenoxy) is 11. The van der Waals surface area contributed by atoms with Gasteiger partial charge in [0.15, 0.2) is 18.4 Å². The van der Waals surface area contributed by atoms with Crippen molar-refractivity contribution in [3.8, 4) is 0 Å². The number of alkyl carbamates (subject to hydrolysis) is 3. The van der Waals surface area contributed by atoms with Crippen molar-refractivity contribution in [3.63, 3.8) is 0 Å². The average Bonchev–Trinajstić information content (AvgIpc) is 3.60. The second-order valence-corrected chi connectivity index (χ2v) is 26.5. The molecule has 3 aliphatic heterocycles. The second kappa shape index (κ2) is 26.3. The summed E-state index contributed by atoms with van der Waals surface area (Å²) in [6, 6.07) is -5.28. The van der Waals surface area contributed by atoms with Gasteiger partial charge in [-0.3, -0.25) is 4.79 Å². The van der Waals surface area contributed by atoms with Crippen LogP contribution in [-0.4, -0.2) is 225 Å². The first-order valence-corrected chi connectivity index (χ1v) is 27.2. The van der Waals surface area contributed by atoms with E-state index in [2.05, 4.69) is 21.3 Å². The summed E-state index contributed by atoms with van der Waals surface area (Å²) in [6.07, 6.45) is -18.2. The molecule has 6 unspecified atom stereocenters. The highest BCUT2D eigenvalue weighted by Crippen LogP contribution is 2.36. The zero-order valence-corrected chi connectivity index (χ0v) is 50.3. The zero-order valence-electron chi connectivity index (χ0n) is 50.3. The number of aliphatic hydroxyl groups is 4. The number of likely N-dealkylation sites (N-methyl/N-ethyl adjacent to an activating group) is 1. The second-order valence-electron chi connectivity index (χ2n) is 26.5. The maximum Gasteiger partial charge on any atom is 0.410 e. The average molecular weight is 1150 g/mol. The van der Waals surface area contributed by atoms with Crippen molar-refractivity contribution in [2.45, 2.75) is 263 Å². The summed E-state index contributed by atoms with van der Waals surface area (Å²) >= 11 is 0. The Balaban J connectivity index is 1.82. The van der Waals surface area contributed by atoms with Gasteiger partial charge in [0.05, 0.1) is 63.1 Å². The van der Waals surface area contributed by atoms with E-state index in [1.807, 2.05) is 0 Å². The topological polar surface area (TPSA) is 339 Å². The monoisotopic (exact) mass is 1150 g/mol. The van der Waals surface area contributed by atoms with Crippen LogP contribution >= 0.6 is 0 Å². The minimum atomic E-state index is -1.99. The molecule has 1 saturated carbocycles. The predicted octanol–water partition coefficient (Wildman–Crippen LogP) is 3.28. The van der Waals surface area contributed by atoms with E-state index in [1.54, 1.807) is 118 Å². The molecule has 0 spiro atoms. The molecule has 4 fully saturated rings. The quantitative estimate of drug-likeness (QED) is 0.109. The molecule has 462 valence electrons. The molecule has 0 aromatic carbocycles. The summed E-state index contributed by atoms with van der Waals surface area (Å²) in [5.41, 5.74) is -6.70. The number of nitrogens with zero attached hydrogens (tertiary/aromatic N) is 2. The third-order valence-corrected chi connectivity index (χ3v) is 12.3. The molecule has 0 aromatic heterocycles. The first-order valence-electron chi connectivity index (χ1n) is 27.2. The van der Waals surface area contributed by atoms with Crippen LogP contribution < -0.4 is 21.3 Å². The Labute approximate surface area is 470 Å². The molecular weight excluding hydrogens is 1060 g/mol. The van der Waals surface area contributed by atoms with E-state index in [9.17, 15) is 49.2 Å². The van der Waals surface area contributed by atoms with Gasteiger partial charge in [-0.25, -0.2) is 24.0 Å². The first-order chi connectivity index (χ1) is 36.3. The fourth-order valence-corrected chi connectivity index (χ4v) is 9.25. The Morgan fingerprint density at radius 2 is 1.10 bits per heavy atom. The van der Waals surface area contributed by atoms with Crippen LogP contribution in [0.1, 0.15) is 144 Å². The fourth-order valence-electron chi connectivity index (χ4n) is 9.25. The zero-order chi connectivity index (χ0) is 60.9. The SMILES string of the molecule is CN(C(=O)OC(C)(C)C)[C@@H]1C(O)[C@@H](OC2C(O)C(O[C@H]3O[C@H](CN(C[C@@H]4COC(C)(C)O4)C(=O)OC(C)(C)C)CCC3NC(=O)OC(C)(C)C)[C@@H](NC(=O)OC(C)(C)C)C[C@H]2NC(=O)[C@@H](O)CNC(=O)OC(C)(C)C)OCC1(C)O. The molecular formula is C53H94N6O21. The molecule has 3 saturated heterocycles. The summed E-state index contributed by atoms with van der Waals surface area (Å²) in [6.45, 7) is 28.5. The Kier molecular flexibility index (Phi) is 22.4. The van der Waals surface area contributed by atoms with Crippen LogP contribution in [0, 0.1) is 0 Å². The van der Waals surface area contributed by atoms with Gasteiger partial charge in [-0.05, 0) is 144 Å². The number of carbonyl (C=O) groups excluding carboxylic acids is 6. The third-order valence-electron chi connectivity index (χ3n) is 12.3. The van der Waals surface area contributed by atoms with Crippen LogP contribution in [0.15, 0.2) is 0 Å². The highest BCUT2D eigenvalue weighted by Gasteiger charge is 2.55. The number of hydrogen-bond acceptors (Lipinski definition) is 21. The van der Waals surface area contributed by atoms with Crippen LogP contribution in [0.2, 0.25) is 0 Å². The van der Waals surface area contributed by atoms with Crippen molar-refractivity contribution in [1.29, 1.82) is 0 Å². The molecule has 14 atom stereocenters. The van der Waals surface area contributed by atoms with Gasteiger partial charge in [0.25, 0.3) is 5.91 Å². The van der Waals surface area contributed by atoms with Gasteiger partial charge in [0.1, 0.15) is 70.2 Å². The standard InChI is InChI=1S/C53H94N6O21/c1-47(2,3)76-42(64)54-23-33(60)39(63)55-31-22-32(57-44(66)78-49(7,8)9)37(34(61)36(31)74-41-35(62)38(53(18,69)27-70-41)58(19)45(67)79-50(10,11)12)73-40-30(56-43(65)77-48(4,5)6)21-20-28(72-40)24-59(46(68)80-51(13,14)15)25-29-26-71-52(16,17)75-29/h28-38,40-41,60-62,69H,20-27H2,1-19H3,(H,54,64)(H,55,63)(H,56,65)(H,57,66)/t28-,29+,30?,31+,32-,33-,34?,35?,36?,37?,38+,40+,41+,53?/m0/s1. The Hall–Kier alpha value is -4.58. The van der Waals surface area contributed by atoms with Gasteiger partial charge in [0, 0.05) is 7.05 Å². The first kappa shape index (κ1) is 67.9. The minimum Gasteiger partial charge on any atom is -0.444 e. The van der Waals surface area contributed by atoms with Gasteiger partial charge in [0.2, 0.25) is 0 Å². The molecule has 80 heavy (non-hydrogen) atoms. The van der Waals surface area contributed by atoms with Crippen LogP contribution in [0.3, 0.4) is 0 Å². The van der Waals surface area contributed by atoms with Crippen LogP contribution in [-0.2, 0) is 56.9 Å². The van der Waals surface area contributed by atoms with Crippen LogP contribution in [0.25, 0.3) is 0 Å². The number of nitrogens with one attached hydrogen (secondary N) is 4. The smallest absolute Gasteiger partial charge is 0.410 e. The molecule has 0 aromatic rings. The van der Waals surface area contributed by atoms with Crippen molar-refractivity contribution >= 4 is 36.4 Å². The van der Waals surface area contributed by atoms with Crippen molar-refractivity contribution in [1.82, 2.24) is 31.1 Å². The van der Waals surface area contributed by atoms with Gasteiger partial charge in [-0.15, -0.1) is 0 Å². The molecule has 8 N–H and O–H groups in total. The molecule has 27 heteroatoms. The third kappa shape index (κ3) is 21.6. The Morgan fingerprint density at radius 1 is 0.625 bits per heavy atom.